The lowest BCUT2D eigenvalue weighted by atomic mass is 10.1. The first-order chi connectivity index (χ1) is 16.0. The van der Waals surface area contributed by atoms with Crippen LogP contribution in [0.5, 0.6) is 0 Å². The number of thiocarbonyl (C=S) groups is 2. The van der Waals surface area contributed by atoms with Crippen LogP contribution in [0.3, 0.4) is 0 Å². The van der Waals surface area contributed by atoms with Gasteiger partial charge in [0.25, 0.3) is 0 Å². The molecule has 18 heteroatoms. The third-order valence-electron chi connectivity index (χ3n) is 3.69. The predicted molar refractivity (Wildman–Crippen MR) is 114 cm³/mol. The SMILES string of the molecule is FC(F)(F)c1cc(NC(=S)Nc2cc(C(F)(F)F)cc(C(F)(F)F)c2)cc(C(F)(F)F)c1.NC(N)=S. The molecule has 0 amide bonds. The van der Waals surface area contributed by atoms with Crippen LogP contribution in [-0.4, -0.2) is 10.2 Å². The van der Waals surface area contributed by atoms with Crippen molar-refractivity contribution in [1.82, 2.24) is 0 Å². The van der Waals surface area contributed by atoms with Gasteiger partial charge in [-0.2, -0.15) is 52.7 Å². The van der Waals surface area contributed by atoms with Crippen molar-refractivity contribution in [3.05, 3.63) is 58.7 Å². The van der Waals surface area contributed by atoms with Crippen LogP contribution in [0.25, 0.3) is 0 Å². The molecular weight excluding hydrogens is 564 g/mol. The van der Waals surface area contributed by atoms with Gasteiger partial charge in [-0.3, -0.25) is 0 Å². The Balaban J connectivity index is 0.00000150. The van der Waals surface area contributed by atoms with Crippen molar-refractivity contribution >= 4 is 46.0 Å². The predicted octanol–water partition coefficient (Wildman–Crippen LogP) is 6.76. The minimum atomic E-state index is -5.19. The van der Waals surface area contributed by atoms with Crippen LogP contribution in [0.15, 0.2) is 36.4 Å². The van der Waals surface area contributed by atoms with Gasteiger partial charge in [0.15, 0.2) is 10.2 Å². The number of hydrogen-bond donors (Lipinski definition) is 4. The van der Waals surface area contributed by atoms with Gasteiger partial charge in [0.05, 0.1) is 22.3 Å². The molecule has 0 atom stereocenters. The van der Waals surface area contributed by atoms with Crippen molar-refractivity contribution in [2.24, 2.45) is 11.5 Å². The third kappa shape index (κ3) is 9.92. The number of anilines is 2. The minimum Gasteiger partial charge on any atom is -0.377 e. The molecule has 2 aromatic carbocycles. The maximum Gasteiger partial charge on any atom is 0.416 e. The van der Waals surface area contributed by atoms with E-state index in [1.807, 2.05) is 10.6 Å². The van der Waals surface area contributed by atoms with Crippen LogP contribution >= 0.6 is 24.4 Å². The van der Waals surface area contributed by atoms with E-state index in [0.717, 1.165) is 0 Å². The van der Waals surface area contributed by atoms with Gasteiger partial charge in [0.2, 0.25) is 0 Å². The highest BCUT2D eigenvalue weighted by Gasteiger charge is 2.38. The van der Waals surface area contributed by atoms with Gasteiger partial charge in [-0.15, -0.1) is 0 Å². The molecule has 0 radical (unpaired) electrons. The van der Waals surface area contributed by atoms with Crippen LogP contribution < -0.4 is 22.1 Å². The molecule has 0 aliphatic rings. The molecule has 0 saturated heterocycles. The zero-order chi connectivity index (χ0) is 28.3. The quantitative estimate of drug-likeness (QED) is 0.234. The van der Waals surface area contributed by atoms with Gasteiger partial charge < -0.3 is 22.1 Å². The van der Waals surface area contributed by atoms with E-state index in [1.165, 1.54) is 0 Å². The number of nitrogens with one attached hydrogen (secondary N) is 2. The van der Waals surface area contributed by atoms with E-state index in [0.29, 0.717) is 0 Å². The summed E-state index contributed by atoms with van der Waals surface area (Å²) in [5, 5.41) is 2.92. The van der Waals surface area contributed by atoms with E-state index >= 15 is 0 Å². The molecule has 36 heavy (non-hydrogen) atoms. The normalized spacial score (nSPS) is 12.3. The van der Waals surface area contributed by atoms with Gasteiger partial charge in [-0.25, -0.2) is 0 Å². The number of halogens is 12. The maximum absolute atomic E-state index is 12.9. The first-order valence-electron chi connectivity index (χ1n) is 8.72. The molecule has 0 spiro atoms. The fourth-order valence-corrected chi connectivity index (χ4v) is 2.58. The van der Waals surface area contributed by atoms with Gasteiger partial charge in [-0.1, -0.05) is 0 Å². The Hall–Kier alpha value is -3.02. The smallest absolute Gasteiger partial charge is 0.377 e. The maximum atomic E-state index is 12.9. The summed E-state index contributed by atoms with van der Waals surface area (Å²) in [7, 11) is 0. The Labute approximate surface area is 204 Å². The van der Waals surface area contributed by atoms with Crippen molar-refractivity contribution in [3.8, 4) is 0 Å². The molecule has 6 N–H and O–H groups in total. The molecule has 0 bridgehead atoms. The summed E-state index contributed by atoms with van der Waals surface area (Å²) in [5.74, 6) is 0. The van der Waals surface area contributed by atoms with Crippen molar-refractivity contribution in [2.45, 2.75) is 24.7 Å². The van der Waals surface area contributed by atoms with E-state index < -0.39 is 63.4 Å². The van der Waals surface area contributed by atoms with Crippen molar-refractivity contribution < 1.29 is 52.7 Å². The Morgan fingerprint density at radius 1 is 0.500 bits per heavy atom. The first kappa shape index (κ1) is 31.0. The number of benzene rings is 2. The molecule has 0 saturated carbocycles. The molecule has 0 aromatic heterocycles. The Bertz CT molecular complexity index is 957. The lowest BCUT2D eigenvalue weighted by molar-refractivity contribution is -0.144. The van der Waals surface area contributed by atoms with Crippen molar-refractivity contribution in [2.75, 3.05) is 10.6 Å². The van der Waals surface area contributed by atoms with E-state index in [-0.39, 0.29) is 41.5 Å². The van der Waals surface area contributed by atoms with Crippen LogP contribution in [-0.2, 0) is 24.7 Å². The zero-order valence-electron chi connectivity index (χ0n) is 17.0. The molecule has 4 nitrogen and oxygen atoms in total. The van der Waals surface area contributed by atoms with E-state index in [4.69, 9.17) is 0 Å². The average molecular weight is 576 g/mol. The van der Waals surface area contributed by atoms with Crippen LogP contribution in [0, 0.1) is 0 Å². The molecule has 0 aliphatic carbocycles. The number of hydrogen-bond acceptors (Lipinski definition) is 2. The van der Waals surface area contributed by atoms with E-state index in [2.05, 4.69) is 35.9 Å². The summed E-state index contributed by atoms with van der Waals surface area (Å²) in [6, 6.07) is 0.578. The molecular formula is C18H12F12N4S2. The second-order valence-electron chi connectivity index (χ2n) is 6.57. The number of nitrogens with two attached hydrogens (primary N) is 2. The Kier molecular flexibility index (Phi) is 9.42. The molecule has 0 fully saturated rings. The monoisotopic (exact) mass is 576 g/mol. The van der Waals surface area contributed by atoms with Crippen LogP contribution in [0.1, 0.15) is 22.3 Å². The zero-order valence-corrected chi connectivity index (χ0v) is 18.6. The average Bonchev–Trinajstić information content (AvgIpc) is 2.64. The van der Waals surface area contributed by atoms with Gasteiger partial charge in [0.1, 0.15) is 0 Å². The van der Waals surface area contributed by atoms with Gasteiger partial charge in [0, 0.05) is 11.4 Å². The standard InChI is InChI=1S/C17H8F12N2S.CH4N2S/c18-14(19,20)7-1-8(15(21,22)23)4-11(3-7)30-13(32)31-12-5-9(16(24,25)26)2-10(6-12)17(27,28)29;2-1(3)4/h1-6H,(H2,30,31,32);(H4,2,3,4). The van der Waals surface area contributed by atoms with Crippen molar-refractivity contribution in [3.63, 3.8) is 0 Å². The van der Waals surface area contributed by atoms with Crippen molar-refractivity contribution in [1.29, 1.82) is 0 Å². The summed E-state index contributed by atoms with van der Waals surface area (Å²) >= 11 is 8.71. The molecule has 0 unspecified atom stereocenters. The molecule has 200 valence electrons. The van der Waals surface area contributed by atoms with E-state index in [9.17, 15) is 52.7 Å². The molecule has 2 rings (SSSR count). The summed E-state index contributed by atoms with van der Waals surface area (Å²) < 4.78 is 155. The van der Waals surface area contributed by atoms with E-state index in [1.54, 1.807) is 0 Å². The van der Waals surface area contributed by atoms with Gasteiger partial charge in [-0.05, 0) is 60.8 Å². The first-order valence-corrected chi connectivity index (χ1v) is 9.53. The summed E-state index contributed by atoms with van der Waals surface area (Å²) in [4.78, 5) is 0. The minimum absolute atomic E-state index is 0.000000000000000222. The summed E-state index contributed by atoms with van der Waals surface area (Å²) in [6.45, 7) is 0. The second-order valence-corrected chi connectivity index (χ2v) is 7.45. The highest BCUT2D eigenvalue weighted by atomic mass is 32.1. The largest absolute Gasteiger partial charge is 0.416 e. The topological polar surface area (TPSA) is 76.1 Å². The Morgan fingerprint density at radius 3 is 0.861 bits per heavy atom. The second kappa shape index (κ2) is 10.9. The Morgan fingerprint density at radius 2 is 0.694 bits per heavy atom. The summed E-state index contributed by atoms with van der Waals surface area (Å²) in [6.07, 6.45) is -20.7. The molecule has 0 heterocycles. The highest BCUT2D eigenvalue weighted by molar-refractivity contribution is 7.80. The lowest BCUT2D eigenvalue weighted by Gasteiger charge is -2.18. The van der Waals surface area contributed by atoms with Crippen LogP contribution in [0.2, 0.25) is 0 Å². The third-order valence-corrected chi connectivity index (χ3v) is 3.90. The lowest BCUT2D eigenvalue weighted by Crippen LogP contribution is -2.21. The number of alkyl halides is 12. The summed E-state index contributed by atoms with van der Waals surface area (Å²) in [5.41, 5.74) is 0.685. The fraction of sp³-hybridized carbons (Fsp3) is 0.222. The highest BCUT2D eigenvalue weighted by Crippen LogP contribution is 2.39. The molecule has 0 aliphatic heterocycles. The fourth-order valence-electron chi connectivity index (χ4n) is 2.35. The van der Waals surface area contributed by atoms with Crippen LogP contribution in [0.4, 0.5) is 64.1 Å². The molecule has 2 aromatic rings. The van der Waals surface area contributed by atoms with Gasteiger partial charge >= 0.3 is 24.7 Å². The number of rotatable bonds is 2.